The van der Waals surface area contributed by atoms with E-state index in [0.29, 0.717) is 13.1 Å². The van der Waals surface area contributed by atoms with Crippen molar-refractivity contribution in [2.45, 2.75) is 26.3 Å². The van der Waals surface area contributed by atoms with Crippen LogP contribution in [0.15, 0.2) is 0 Å². The van der Waals surface area contributed by atoms with Crippen molar-refractivity contribution in [3.63, 3.8) is 0 Å². The highest BCUT2D eigenvalue weighted by molar-refractivity contribution is 6.04. The van der Waals surface area contributed by atoms with Crippen molar-refractivity contribution >= 4 is 11.9 Å². The quantitative estimate of drug-likeness (QED) is 0.681. The lowest BCUT2D eigenvalue weighted by molar-refractivity contribution is -0.128. The molecule has 0 aromatic heterocycles. The summed E-state index contributed by atoms with van der Waals surface area (Å²) in [5, 5.41) is 0. The van der Waals surface area contributed by atoms with E-state index >= 15 is 0 Å². The lowest BCUT2D eigenvalue weighted by Gasteiger charge is -2.24. The van der Waals surface area contributed by atoms with E-state index in [9.17, 15) is 9.59 Å². The fourth-order valence-corrected chi connectivity index (χ4v) is 1.88. The summed E-state index contributed by atoms with van der Waals surface area (Å²) in [6.07, 6.45) is 0.732. The molecular weight excluding hydrogens is 194 g/mol. The summed E-state index contributed by atoms with van der Waals surface area (Å²) in [6.45, 7) is 5.00. The molecule has 1 atom stereocenters. The minimum absolute atomic E-state index is 0.105. The Kier molecular flexibility index (Phi) is 3.68. The van der Waals surface area contributed by atoms with Crippen LogP contribution in [-0.4, -0.2) is 47.9 Å². The summed E-state index contributed by atoms with van der Waals surface area (Å²) < 4.78 is 0. The van der Waals surface area contributed by atoms with Crippen LogP contribution < -0.4 is 5.73 Å². The maximum atomic E-state index is 11.8. The number of nitrogens with two attached hydrogens (primary N) is 1. The SMILES string of the molecule is CC(C)C1C(=O)N(C)C(=O)N1CCCN. The molecule has 0 aromatic rings. The molecule has 1 unspecified atom stereocenters. The zero-order chi connectivity index (χ0) is 11.6. The van der Waals surface area contributed by atoms with E-state index in [0.717, 1.165) is 6.42 Å². The van der Waals surface area contributed by atoms with Gasteiger partial charge in [0.15, 0.2) is 0 Å². The van der Waals surface area contributed by atoms with Crippen LogP contribution in [0.1, 0.15) is 20.3 Å². The molecule has 1 aliphatic rings. The number of rotatable bonds is 4. The van der Waals surface area contributed by atoms with Crippen molar-refractivity contribution in [2.24, 2.45) is 11.7 Å². The highest BCUT2D eigenvalue weighted by atomic mass is 16.2. The van der Waals surface area contributed by atoms with Gasteiger partial charge in [-0.15, -0.1) is 0 Å². The normalized spacial score (nSPS) is 22.1. The van der Waals surface area contributed by atoms with Gasteiger partial charge >= 0.3 is 6.03 Å². The van der Waals surface area contributed by atoms with Crippen LogP contribution in [0, 0.1) is 5.92 Å². The van der Waals surface area contributed by atoms with Gasteiger partial charge in [-0.05, 0) is 18.9 Å². The van der Waals surface area contributed by atoms with Gasteiger partial charge in [-0.3, -0.25) is 9.69 Å². The van der Waals surface area contributed by atoms with Gasteiger partial charge in [-0.25, -0.2) is 4.79 Å². The van der Waals surface area contributed by atoms with Crippen LogP contribution >= 0.6 is 0 Å². The van der Waals surface area contributed by atoms with E-state index < -0.39 is 0 Å². The van der Waals surface area contributed by atoms with Crippen LogP contribution in [0.25, 0.3) is 0 Å². The Morgan fingerprint density at radius 2 is 2.00 bits per heavy atom. The van der Waals surface area contributed by atoms with Gasteiger partial charge in [-0.1, -0.05) is 13.8 Å². The number of carbonyl (C=O) groups excluding carboxylic acids is 2. The molecule has 2 N–H and O–H groups in total. The first-order chi connectivity index (χ1) is 7.00. The molecule has 1 fully saturated rings. The third-order valence-corrected chi connectivity index (χ3v) is 2.69. The van der Waals surface area contributed by atoms with Gasteiger partial charge in [0, 0.05) is 13.6 Å². The zero-order valence-electron chi connectivity index (χ0n) is 9.56. The third-order valence-electron chi connectivity index (χ3n) is 2.69. The molecule has 1 heterocycles. The van der Waals surface area contributed by atoms with Crippen molar-refractivity contribution in [3.8, 4) is 0 Å². The molecule has 1 aliphatic heterocycles. The first-order valence-electron chi connectivity index (χ1n) is 5.29. The molecule has 0 spiro atoms. The molecule has 5 nitrogen and oxygen atoms in total. The highest BCUT2D eigenvalue weighted by Gasteiger charge is 2.43. The second-order valence-electron chi connectivity index (χ2n) is 4.20. The molecule has 1 rings (SSSR count). The van der Waals surface area contributed by atoms with Crippen LogP contribution in [0.4, 0.5) is 4.79 Å². The minimum atomic E-state index is -0.311. The van der Waals surface area contributed by atoms with Gasteiger partial charge < -0.3 is 10.6 Å². The lowest BCUT2D eigenvalue weighted by Crippen LogP contribution is -2.40. The predicted molar refractivity (Wildman–Crippen MR) is 57.2 cm³/mol. The maximum Gasteiger partial charge on any atom is 0.327 e. The topological polar surface area (TPSA) is 66.6 Å². The Morgan fingerprint density at radius 1 is 1.40 bits per heavy atom. The predicted octanol–water partition coefficient (Wildman–Crippen LogP) is 0.254. The lowest BCUT2D eigenvalue weighted by atomic mass is 10.0. The standard InChI is InChI=1S/C10H19N3O2/c1-7(2)8-9(14)12(3)10(15)13(8)6-4-5-11/h7-8H,4-6,11H2,1-3H3. The van der Waals surface area contributed by atoms with E-state index in [1.165, 1.54) is 11.9 Å². The number of nitrogens with zero attached hydrogens (tertiary/aromatic N) is 2. The van der Waals surface area contributed by atoms with E-state index in [1.807, 2.05) is 13.8 Å². The molecule has 0 aliphatic carbocycles. The second kappa shape index (κ2) is 4.61. The summed E-state index contributed by atoms with van der Waals surface area (Å²) in [6, 6.07) is -0.513. The Balaban J connectivity index is 2.81. The first kappa shape index (κ1) is 12.0. The number of imide groups is 1. The molecule has 0 aromatic carbocycles. The van der Waals surface area contributed by atoms with Crippen LogP contribution in [0.2, 0.25) is 0 Å². The summed E-state index contributed by atoms with van der Waals surface area (Å²) in [5.41, 5.74) is 5.41. The summed E-state index contributed by atoms with van der Waals surface area (Å²) in [4.78, 5) is 26.3. The largest absolute Gasteiger partial charge is 0.330 e. The molecule has 3 amide bonds. The average molecular weight is 213 g/mol. The van der Waals surface area contributed by atoms with E-state index in [4.69, 9.17) is 5.73 Å². The first-order valence-corrected chi connectivity index (χ1v) is 5.29. The van der Waals surface area contributed by atoms with E-state index in [2.05, 4.69) is 0 Å². The summed E-state index contributed by atoms with van der Waals surface area (Å²) >= 11 is 0. The van der Waals surface area contributed by atoms with Gasteiger partial charge in [0.1, 0.15) is 6.04 Å². The van der Waals surface area contributed by atoms with Gasteiger partial charge in [0.25, 0.3) is 5.91 Å². The Bertz CT molecular complexity index is 265. The van der Waals surface area contributed by atoms with Gasteiger partial charge in [0.2, 0.25) is 0 Å². The zero-order valence-corrected chi connectivity index (χ0v) is 9.56. The maximum absolute atomic E-state index is 11.8. The Morgan fingerprint density at radius 3 is 2.47 bits per heavy atom. The number of amides is 3. The fourth-order valence-electron chi connectivity index (χ4n) is 1.88. The van der Waals surface area contributed by atoms with Crippen molar-refractivity contribution in [2.75, 3.05) is 20.1 Å². The molecule has 0 bridgehead atoms. The molecule has 15 heavy (non-hydrogen) atoms. The van der Waals surface area contributed by atoms with Crippen molar-refractivity contribution < 1.29 is 9.59 Å². The number of urea groups is 1. The third kappa shape index (κ3) is 2.12. The molecule has 1 saturated heterocycles. The molecular formula is C10H19N3O2. The molecule has 5 heteroatoms. The number of carbonyl (C=O) groups is 2. The second-order valence-corrected chi connectivity index (χ2v) is 4.20. The van der Waals surface area contributed by atoms with Crippen LogP contribution in [0.3, 0.4) is 0 Å². The Labute approximate surface area is 90.2 Å². The minimum Gasteiger partial charge on any atom is -0.330 e. The number of hydrogen-bond donors (Lipinski definition) is 1. The van der Waals surface area contributed by atoms with Crippen molar-refractivity contribution in [1.29, 1.82) is 0 Å². The fraction of sp³-hybridized carbons (Fsp3) is 0.800. The van der Waals surface area contributed by atoms with Crippen LogP contribution in [0.5, 0.6) is 0 Å². The summed E-state index contributed by atoms with van der Waals surface area (Å²) in [7, 11) is 1.53. The van der Waals surface area contributed by atoms with Crippen molar-refractivity contribution in [1.82, 2.24) is 9.80 Å². The monoisotopic (exact) mass is 213 g/mol. The van der Waals surface area contributed by atoms with E-state index in [-0.39, 0.29) is 23.9 Å². The van der Waals surface area contributed by atoms with Gasteiger partial charge in [0.05, 0.1) is 0 Å². The van der Waals surface area contributed by atoms with Crippen LogP contribution in [-0.2, 0) is 4.79 Å². The molecule has 0 radical (unpaired) electrons. The van der Waals surface area contributed by atoms with E-state index in [1.54, 1.807) is 4.90 Å². The highest BCUT2D eigenvalue weighted by Crippen LogP contribution is 2.22. The molecule has 86 valence electrons. The van der Waals surface area contributed by atoms with Crippen molar-refractivity contribution in [3.05, 3.63) is 0 Å². The van der Waals surface area contributed by atoms with Gasteiger partial charge in [-0.2, -0.15) is 0 Å². The summed E-state index contributed by atoms with van der Waals surface area (Å²) in [5.74, 6) is 0.0381. The number of likely N-dealkylation sites (N-methyl/N-ethyl adjacent to an activating group) is 1. The smallest absolute Gasteiger partial charge is 0.327 e. The number of hydrogen-bond acceptors (Lipinski definition) is 3. The average Bonchev–Trinajstić information content (AvgIpc) is 2.39. The molecule has 0 saturated carbocycles. The Hall–Kier alpha value is -1.10.